The summed E-state index contributed by atoms with van der Waals surface area (Å²) in [6, 6.07) is 4.89. The number of anilines is 3. The molecule has 0 saturated heterocycles. The second-order valence-corrected chi connectivity index (χ2v) is 4.60. The molecular weight excluding hydrogens is 295 g/mol. The number of rotatable bonds is 5. The van der Waals surface area contributed by atoms with Crippen LogP contribution >= 0.6 is 0 Å². The number of halogens is 3. The first-order valence-electron chi connectivity index (χ1n) is 6.79. The van der Waals surface area contributed by atoms with Crippen LogP contribution < -0.4 is 10.6 Å². The highest BCUT2D eigenvalue weighted by atomic mass is 19.4. The molecule has 0 bridgehead atoms. The van der Waals surface area contributed by atoms with E-state index in [9.17, 15) is 13.2 Å². The van der Waals surface area contributed by atoms with Gasteiger partial charge in [-0.2, -0.15) is 28.1 Å². The first-order valence-corrected chi connectivity index (χ1v) is 6.79. The zero-order valence-corrected chi connectivity index (χ0v) is 12.2. The van der Waals surface area contributed by atoms with Crippen LogP contribution in [0.4, 0.5) is 30.8 Å². The second-order valence-electron chi connectivity index (χ2n) is 4.60. The van der Waals surface area contributed by atoms with Crippen molar-refractivity contribution < 1.29 is 13.2 Å². The Balaban J connectivity index is 2.28. The average Bonchev–Trinajstić information content (AvgIpc) is 2.46. The predicted octanol–water partition coefficient (Wildman–Crippen LogP) is 3.63. The Hall–Kier alpha value is -2.38. The van der Waals surface area contributed by atoms with Gasteiger partial charge in [0.15, 0.2) is 0 Å². The molecule has 0 aliphatic carbocycles. The highest BCUT2D eigenvalue weighted by Crippen LogP contribution is 2.31. The van der Waals surface area contributed by atoms with Crippen molar-refractivity contribution in [3.8, 4) is 0 Å². The Morgan fingerprint density at radius 1 is 1.09 bits per heavy atom. The Labute approximate surface area is 126 Å². The monoisotopic (exact) mass is 311 g/mol. The number of aromatic nitrogens is 3. The fraction of sp³-hybridized carbons (Fsp3) is 0.357. The largest absolute Gasteiger partial charge is 0.416 e. The van der Waals surface area contributed by atoms with Crippen molar-refractivity contribution in [2.75, 3.05) is 17.7 Å². The molecule has 2 aromatic rings. The van der Waals surface area contributed by atoms with E-state index in [1.54, 1.807) is 7.05 Å². The lowest BCUT2D eigenvalue weighted by Gasteiger charge is -2.11. The SMILES string of the molecule is CCCc1nc(NC)nc(Nc2cccc(C(F)(F)F)c2)n1. The summed E-state index contributed by atoms with van der Waals surface area (Å²) in [5.41, 5.74) is -0.459. The summed E-state index contributed by atoms with van der Waals surface area (Å²) in [6.45, 7) is 1.99. The van der Waals surface area contributed by atoms with Crippen molar-refractivity contribution in [1.29, 1.82) is 0 Å². The molecule has 0 atom stereocenters. The minimum atomic E-state index is -4.39. The van der Waals surface area contributed by atoms with Gasteiger partial charge in [0.25, 0.3) is 0 Å². The molecule has 0 aliphatic heterocycles. The fourth-order valence-electron chi connectivity index (χ4n) is 1.83. The van der Waals surface area contributed by atoms with Gasteiger partial charge >= 0.3 is 6.18 Å². The van der Waals surface area contributed by atoms with Crippen LogP contribution in [0.2, 0.25) is 0 Å². The van der Waals surface area contributed by atoms with Gasteiger partial charge in [-0.15, -0.1) is 0 Å². The van der Waals surface area contributed by atoms with E-state index in [0.29, 0.717) is 18.2 Å². The third kappa shape index (κ3) is 4.06. The molecule has 0 radical (unpaired) electrons. The molecule has 0 fully saturated rings. The molecule has 2 rings (SSSR count). The van der Waals surface area contributed by atoms with Gasteiger partial charge < -0.3 is 10.6 Å². The van der Waals surface area contributed by atoms with Gasteiger partial charge in [-0.05, 0) is 24.6 Å². The second kappa shape index (κ2) is 6.59. The Morgan fingerprint density at radius 3 is 2.45 bits per heavy atom. The van der Waals surface area contributed by atoms with Gasteiger partial charge in [0.05, 0.1) is 5.56 Å². The van der Waals surface area contributed by atoms with Crippen molar-refractivity contribution in [3.05, 3.63) is 35.7 Å². The van der Waals surface area contributed by atoms with E-state index in [2.05, 4.69) is 25.6 Å². The van der Waals surface area contributed by atoms with Crippen molar-refractivity contribution in [2.24, 2.45) is 0 Å². The molecule has 1 heterocycles. The maximum atomic E-state index is 12.7. The summed E-state index contributed by atoms with van der Waals surface area (Å²) in [4.78, 5) is 12.5. The molecule has 0 unspecified atom stereocenters. The normalized spacial score (nSPS) is 11.3. The maximum absolute atomic E-state index is 12.7. The topological polar surface area (TPSA) is 62.7 Å². The van der Waals surface area contributed by atoms with Gasteiger partial charge in [-0.1, -0.05) is 13.0 Å². The fourth-order valence-corrected chi connectivity index (χ4v) is 1.83. The van der Waals surface area contributed by atoms with Gasteiger partial charge in [0.2, 0.25) is 11.9 Å². The van der Waals surface area contributed by atoms with E-state index >= 15 is 0 Å². The van der Waals surface area contributed by atoms with Gasteiger partial charge in [0, 0.05) is 19.2 Å². The highest BCUT2D eigenvalue weighted by Gasteiger charge is 2.30. The van der Waals surface area contributed by atoms with Crippen LogP contribution in [0.25, 0.3) is 0 Å². The summed E-state index contributed by atoms with van der Waals surface area (Å²) in [5, 5.41) is 5.59. The minimum Gasteiger partial charge on any atom is -0.357 e. The van der Waals surface area contributed by atoms with E-state index in [1.807, 2.05) is 6.92 Å². The van der Waals surface area contributed by atoms with Crippen LogP contribution in [0.1, 0.15) is 24.7 Å². The van der Waals surface area contributed by atoms with Gasteiger partial charge in [0.1, 0.15) is 5.82 Å². The number of aryl methyl sites for hydroxylation is 1. The van der Waals surface area contributed by atoms with Crippen molar-refractivity contribution in [1.82, 2.24) is 15.0 Å². The molecule has 0 aliphatic rings. The number of nitrogens with zero attached hydrogens (tertiary/aromatic N) is 3. The molecule has 2 N–H and O–H groups in total. The number of hydrogen-bond acceptors (Lipinski definition) is 5. The molecule has 118 valence electrons. The van der Waals surface area contributed by atoms with Crippen LogP contribution in [-0.4, -0.2) is 22.0 Å². The third-order valence-corrected chi connectivity index (χ3v) is 2.82. The van der Waals surface area contributed by atoms with Crippen molar-refractivity contribution >= 4 is 17.6 Å². The molecule has 1 aromatic heterocycles. The molecule has 0 saturated carbocycles. The summed E-state index contributed by atoms with van der Waals surface area (Å²) in [6.07, 6.45) is -2.87. The maximum Gasteiger partial charge on any atom is 0.416 e. The predicted molar refractivity (Wildman–Crippen MR) is 78.1 cm³/mol. The zero-order valence-electron chi connectivity index (χ0n) is 12.2. The first kappa shape index (κ1) is 16.0. The Morgan fingerprint density at radius 2 is 1.82 bits per heavy atom. The van der Waals surface area contributed by atoms with Crippen LogP contribution in [0.3, 0.4) is 0 Å². The molecule has 0 amide bonds. The van der Waals surface area contributed by atoms with E-state index in [-0.39, 0.29) is 11.6 Å². The first-order chi connectivity index (χ1) is 10.4. The lowest BCUT2D eigenvalue weighted by molar-refractivity contribution is -0.137. The number of benzene rings is 1. The standard InChI is InChI=1S/C14H16F3N5/c1-3-5-11-20-12(18-2)22-13(21-11)19-10-7-4-6-9(8-10)14(15,16)17/h4,6-8H,3,5H2,1-2H3,(H2,18,19,20,21,22). The van der Waals surface area contributed by atoms with E-state index in [0.717, 1.165) is 18.6 Å². The summed E-state index contributed by atoms with van der Waals surface area (Å²) in [7, 11) is 1.67. The Bertz CT molecular complexity index is 643. The summed E-state index contributed by atoms with van der Waals surface area (Å²) in [5.74, 6) is 1.16. The molecule has 22 heavy (non-hydrogen) atoms. The Kier molecular flexibility index (Phi) is 4.79. The van der Waals surface area contributed by atoms with Crippen LogP contribution in [0, 0.1) is 0 Å². The van der Waals surface area contributed by atoms with Crippen molar-refractivity contribution in [2.45, 2.75) is 25.9 Å². The van der Waals surface area contributed by atoms with Crippen LogP contribution in [0.15, 0.2) is 24.3 Å². The highest BCUT2D eigenvalue weighted by molar-refractivity contribution is 5.55. The third-order valence-electron chi connectivity index (χ3n) is 2.82. The van der Waals surface area contributed by atoms with E-state index in [1.165, 1.54) is 12.1 Å². The van der Waals surface area contributed by atoms with Crippen LogP contribution in [0.5, 0.6) is 0 Å². The van der Waals surface area contributed by atoms with E-state index in [4.69, 9.17) is 0 Å². The van der Waals surface area contributed by atoms with Gasteiger partial charge in [-0.3, -0.25) is 0 Å². The summed E-state index contributed by atoms with van der Waals surface area (Å²) < 4.78 is 38.1. The molecule has 8 heteroatoms. The molecule has 0 spiro atoms. The van der Waals surface area contributed by atoms with Crippen LogP contribution in [-0.2, 0) is 12.6 Å². The van der Waals surface area contributed by atoms with Gasteiger partial charge in [-0.25, -0.2) is 0 Å². The summed E-state index contributed by atoms with van der Waals surface area (Å²) >= 11 is 0. The lowest BCUT2D eigenvalue weighted by atomic mass is 10.2. The molecule has 5 nitrogen and oxygen atoms in total. The number of nitrogens with one attached hydrogen (secondary N) is 2. The number of alkyl halides is 3. The molecule has 1 aromatic carbocycles. The zero-order chi connectivity index (χ0) is 16.2. The smallest absolute Gasteiger partial charge is 0.357 e. The van der Waals surface area contributed by atoms with Crippen molar-refractivity contribution in [3.63, 3.8) is 0 Å². The quantitative estimate of drug-likeness (QED) is 0.883. The number of hydrogen-bond donors (Lipinski definition) is 2. The van der Waals surface area contributed by atoms with E-state index < -0.39 is 11.7 Å². The molecular formula is C14H16F3N5. The minimum absolute atomic E-state index is 0.210. The average molecular weight is 311 g/mol. The lowest BCUT2D eigenvalue weighted by Crippen LogP contribution is -2.08.